The van der Waals surface area contributed by atoms with Crippen LogP contribution in [0.25, 0.3) is 0 Å². The zero-order valence-corrected chi connectivity index (χ0v) is 9.81. The molecule has 0 fully saturated rings. The molecule has 0 amide bonds. The Bertz CT molecular complexity index is 554. The first-order valence-corrected chi connectivity index (χ1v) is 5.52. The number of carbonyl (C=O) groups excluding carboxylic acids is 1. The molecule has 0 aliphatic carbocycles. The summed E-state index contributed by atoms with van der Waals surface area (Å²) in [4.78, 5) is 15.3. The molecule has 0 unspecified atom stereocenters. The number of aromatic nitrogens is 3. The highest BCUT2D eigenvalue weighted by molar-refractivity contribution is 5.84. The average Bonchev–Trinajstić information content (AvgIpc) is 2.81. The quantitative estimate of drug-likeness (QED) is 0.837. The molecule has 1 heterocycles. The Morgan fingerprint density at radius 3 is 2.94 bits per heavy atom. The number of halogens is 1. The average molecular weight is 249 g/mol. The van der Waals surface area contributed by atoms with Crippen LogP contribution in [0.1, 0.15) is 28.9 Å². The molecule has 1 aromatic carbocycles. The van der Waals surface area contributed by atoms with Gasteiger partial charge in [-0.3, -0.25) is 5.10 Å². The Morgan fingerprint density at radius 2 is 2.22 bits per heavy atom. The third-order valence-corrected chi connectivity index (χ3v) is 2.31. The summed E-state index contributed by atoms with van der Waals surface area (Å²) in [5.74, 6) is -0.522. The summed E-state index contributed by atoms with van der Waals surface area (Å²) in [5, 5.41) is 6.32. The molecule has 94 valence electrons. The summed E-state index contributed by atoms with van der Waals surface area (Å²) in [6.07, 6.45) is 0.249. The van der Waals surface area contributed by atoms with E-state index in [9.17, 15) is 9.18 Å². The molecule has 0 spiro atoms. The lowest BCUT2D eigenvalue weighted by Crippen LogP contribution is -2.06. The van der Waals surface area contributed by atoms with Crippen LogP contribution in [-0.2, 0) is 11.2 Å². The molecule has 0 aliphatic heterocycles. The Hall–Kier alpha value is -2.24. The molecule has 0 radical (unpaired) electrons. The Balaban J connectivity index is 2.12. The lowest BCUT2D eigenvalue weighted by Gasteiger charge is -1.98. The number of nitrogens with one attached hydrogen (secondary N) is 1. The van der Waals surface area contributed by atoms with Gasteiger partial charge in [0.2, 0.25) is 0 Å². The van der Waals surface area contributed by atoms with Crippen molar-refractivity contribution in [3.05, 3.63) is 47.3 Å². The number of H-pyrrole nitrogens is 1. The number of hydrogen-bond donors (Lipinski definition) is 1. The van der Waals surface area contributed by atoms with Gasteiger partial charge in [0.15, 0.2) is 0 Å². The van der Waals surface area contributed by atoms with Crippen LogP contribution in [-0.4, -0.2) is 27.8 Å². The lowest BCUT2D eigenvalue weighted by molar-refractivity contribution is 0.0512. The van der Waals surface area contributed by atoms with Crippen molar-refractivity contribution in [3.8, 4) is 0 Å². The van der Waals surface area contributed by atoms with Gasteiger partial charge in [-0.15, -0.1) is 5.10 Å². The number of aromatic amines is 1. The van der Waals surface area contributed by atoms with Crippen LogP contribution < -0.4 is 0 Å². The Kier molecular flexibility index (Phi) is 3.66. The molecule has 5 nitrogen and oxygen atoms in total. The van der Waals surface area contributed by atoms with Crippen molar-refractivity contribution in [3.63, 3.8) is 0 Å². The van der Waals surface area contributed by atoms with E-state index < -0.39 is 5.97 Å². The van der Waals surface area contributed by atoms with Gasteiger partial charge < -0.3 is 4.74 Å². The van der Waals surface area contributed by atoms with E-state index in [4.69, 9.17) is 4.74 Å². The van der Waals surface area contributed by atoms with Crippen molar-refractivity contribution in [2.75, 3.05) is 6.61 Å². The third kappa shape index (κ3) is 2.71. The normalized spacial score (nSPS) is 10.3. The molecular formula is C12H12FN3O2. The Labute approximate surface area is 103 Å². The fourth-order valence-electron chi connectivity index (χ4n) is 1.48. The molecule has 0 bridgehead atoms. The van der Waals surface area contributed by atoms with Gasteiger partial charge in [0.1, 0.15) is 11.6 Å². The van der Waals surface area contributed by atoms with Crippen molar-refractivity contribution in [1.29, 1.82) is 0 Å². The van der Waals surface area contributed by atoms with Gasteiger partial charge in [0.05, 0.1) is 6.61 Å². The van der Waals surface area contributed by atoms with E-state index in [2.05, 4.69) is 15.2 Å². The second kappa shape index (κ2) is 5.39. The molecule has 2 aromatic rings. The van der Waals surface area contributed by atoms with Gasteiger partial charge in [0, 0.05) is 6.42 Å². The number of nitrogens with zero attached hydrogens (tertiary/aromatic N) is 2. The highest BCUT2D eigenvalue weighted by atomic mass is 19.1. The van der Waals surface area contributed by atoms with E-state index in [1.54, 1.807) is 25.1 Å². The number of hydrogen-bond acceptors (Lipinski definition) is 4. The molecule has 0 saturated carbocycles. The van der Waals surface area contributed by atoms with Crippen LogP contribution in [0.2, 0.25) is 0 Å². The van der Waals surface area contributed by atoms with Crippen molar-refractivity contribution < 1.29 is 13.9 Å². The molecule has 0 saturated heterocycles. The molecule has 1 aromatic heterocycles. The molecule has 2 rings (SSSR count). The van der Waals surface area contributed by atoms with Crippen molar-refractivity contribution in [2.24, 2.45) is 0 Å². The van der Waals surface area contributed by atoms with Gasteiger partial charge in [-0.25, -0.2) is 14.2 Å². The standard InChI is InChI=1S/C12H12FN3O2/c1-2-18-12(17)11-14-10(15-16-11)7-8-5-3-4-6-9(8)13/h3-6H,2,7H2,1H3,(H,14,15,16). The number of carbonyl (C=O) groups is 1. The SMILES string of the molecule is CCOC(=O)c1n[nH]c(Cc2ccccc2F)n1. The van der Waals surface area contributed by atoms with Crippen LogP contribution in [0.4, 0.5) is 4.39 Å². The summed E-state index contributed by atoms with van der Waals surface area (Å²) < 4.78 is 18.2. The Morgan fingerprint density at radius 1 is 1.44 bits per heavy atom. The van der Waals surface area contributed by atoms with E-state index in [0.29, 0.717) is 11.4 Å². The van der Waals surface area contributed by atoms with Crippen LogP contribution in [0.15, 0.2) is 24.3 Å². The van der Waals surface area contributed by atoms with Crippen LogP contribution in [0.5, 0.6) is 0 Å². The van der Waals surface area contributed by atoms with E-state index in [1.807, 2.05) is 0 Å². The summed E-state index contributed by atoms with van der Waals surface area (Å²) in [6.45, 7) is 1.96. The van der Waals surface area contributed by atoms with E-state index in [0.717, 1.165) is 0 Å². The van der Waals surface area contributed by atoms with Gasteiger partial charge >= 0.3 is 5.97 Å². The monoisotopic (exact) mass is 249 g/mol. The predicted molar refractivity (Wildman–Crippen MR) is 61.5 cm³/mol. The fraction of sp³-hybridized carbons (Fsp3) is 0.250. The van der Waals surface area contributed by atoms with Gasteiger partial charge in [0.25, 0.3) is 5.82 Å². The zero-order chi connectivity index (χ0) is 13.0. The topological polar surface area (TPSA) is 67.9 Å². The fourth-order valence-corrected chi connectivity index (χ4v) is 1.48. The van der Waals surface area contributed by atoms with Crippen LogP contribution in [0.3, 0.4) is 0 Å². The van der Waals surface area contributed by atoms with Crippen molar-refractivity contribution in [2.45, 2.75) is 13.3 Å². The molecule has 1 N–H and O–H groups in total. The second-order valence-electron chi connectivity index (χ2n) is 3.59. The molecule has 6 heteroatoms. The van der Waals surface area contributed by atoms with Crippen molar-refractivity contribution in [1.82, 2.24) is 15.2 Å². The number of rotatable bonds is 4. The summed E-state index contributed by atoms with van der Waals surface area (Å²) in [5.41, 5.74) is 0.490. The lowest BCUT2D eigenvalue weighted by atomic mass is 10.1. The van der Waals surface area contributed by atoms with Gasteiger partial charge in [-0.2, -0.15) is 0 Å². The van der Waals surface area contributed by atoms with Crippen LogP contribution >= 0.6 is 0 Å². The maximum absolute atomic E-state index is 13.4. The van der Waals surface area contributed by atoms with E-state index in [-0.39, 0.29) is 24.7 Å². The summed E-state index contributed by atoms with van der Waals surface area (Å²) in [6, 6.07) is 6.38. The smallest absolute Gasteiger partial charge is 0.378 e. The highest BCUT2D eigenvalue weighted by Gasteiger charge is 2.14. The first kappa shape index (κ1) is 12.2. The first-order valence-electron chi connectivity index (χ1n) is 5.52. The maximum atomic E-state index is 13.4. The predicted octanol–water partition coefficient (Wildman–Crippen LogP) is 1.71. The number of ether oxygens (including phenoxy) is 1. The van der Waals surface area contributed by atoms with Gasteiger partial charge in [-0.1, -0.05) is 18.2 Å². The van der Waals surface area contributed by atoms with Crippen molar-refractivity contribution >= 4 is 5.97 Å². The second-order valence-corrected chi connectivity index (χ2v) is 3.59. The maximum Gasteiger partial charge on any atom is 0.378 e. The van der Waals surface area contributed by atoms with Crippen LogP contribution in [0, 0.1) is 5.82 Å². The summed E-state index contributed by atoms with van der Waals surface area (Å²) >= 11 is 0. The zero-order valence-electron chi connectivity index (χ0n) is 9.81. The molecule has 0 aliphatic rings. The van der Waals surface area contributed by atoms with E-state index >= 15 is 0 Å². The third-order valence-electron chi connectivity index (χ3n) is 2.31. The highest BCUT2D eigenvalue weighted by Crippen LogP contribution is 2.10. The molecular weight excluding hydrogens is 237 g/mol. The minimum Gasteiger partial charge on any atom is -0.460 e. The van der Waals surface area contributed by atoms with E-state index in [1.165, 1.54) is 6.07 Å². The summed E-state index contributed by atoms with van der Waals surface area (Å²) in [7, 11) is 0. The first-order chi connectivity index (χ1) is 8.70. The molecule has 18 heavy (non-hydrogen) atoms. The number of esters is 1. The minimum absolute atomic E-state index is 0.0387. The minimum atomic E-state index is -0.589. The number of benzene rings is 1. The largest absolute Gasteiger partial charge is 0.460 e. The van der Waals surface area contributed by atoms with Gasteiger partial charge in [-0.05, 0) is 18.6 Å². The molecule has 0 atom stereocenters.